The van der Waals surface area contributed by atoms with Gasteiger partial charge in [0.15, 0.2) is 0 Å². The molecule has 0 radical (unpaired) electrons. The van der Waals surface area contributed by atoms with E-state index in [1.54, 1.807) is 6.92 Å². The molecule has 5 unspecified atom stereocenters. The SMILES string of the molecule is CC.CC.CC.CC1(C)OC2C(N3C(=O)C=CC3=O)COC(CO)C21.CCC(C)O. The minimum atomic E-state index is -0.407. The minimum absolute atomic E-state index is 0.0163. The lowest BCUT2D eigenvalue weighted by Gasteiger charge is -2.59. The topological polar surface area (TPSA) is 96.3 Å². The van der Waals surface area contributed by atoms with Gasteiger partial charge in [0.05, 0.1) is 43.2 Å². The average Bonchev–Trinajstić information content (AvgIpc) is 3.09. The molecule has 30 heavy (non-hydrogen) atoms. The second-order valence-corrected chi connectivity index (χ2v) is 6.97. The number of aliphatic hydroxyl groups excluding tert-OH is 2. The van der Waals surface area contributed by atoms with E-state index in [-0.39, 0.29) is 49.3 Å². The molecule has 0 aromatic carbocycles. The maximum Gasteiger partial charge on any atom is 0.254 e. The summed E-state index contributed by atoms with van der Waals surface area (Å²) in [6, 6.07) is -0.407. The Morgan fingerprint density at radius 1 is 1.10 bits per heavy atom. The first kappa shape index (κ1) is 30.9. The lowest BCUT2D eigenvalue weighted by atomic mass is 9.71. The third kappa shape index (κ3) is 7.76. The molecule has 7 nitrogen and oxygen atoms in total. The van der Waals surface area contributed by atoms with Gasteiger partial charge in [0.2, 0.25) is 0 Å². The number of carbonyl (C=O) groups excluding carboxylic acids is 2. The van der Waals surface area contributed by atoms with Gasteiger partial charge < -0.3 is 19.7 Å². The zero-order chi connectivity index (χ0) is 24.1. The van der Waals surface area contributed by atoms with Crippen LogP contribution in [0.5, 0.6) is 0 Å². The summed E-state index contributed by atoms with van der Waals surface area (Å²) in [5, 5.41) is 17.7. The van der Waals surface area contributed by atoms with Crippen LogP contribution in [0.15, 0.2) is 12.2 Å². The van der Waals surface area contributed by atoms with Crippen LogP contribution >= 0.6 is 0 Å². The lowest BCUT2D eigenvalue weighted by Crippen LogP contribution is -2.72. The van der Waals surface area contributed by atoms with Gasteiger partial charge in [-0.3, -0.25) is 14.5 Å². The van der Waals surface area contributed by atoms with Crippen LogP contribution in [0.4, 0.5) is 0 Å². The number of aliphatic hydroxyl groups is 2. The van der Waals surface area contributed by atoms with Gasteiger partial charge in [0.25, 0.3) is 11.8 Å². The quantitative estimate of drug-likeness (QED) is 0.666. The van der Waals surface area contributed by atoms with E-state index in [0.29, 0.717) is 0 Å². The summed E-state index contributed by atoms with van der Waals surface area (Å²) in [5.41, 5.74) is -0.407. The van der Waals surface area contributed by atoms with Crippen molar-refractivity contribution in [1.29, 1.82) is 0 Å². The van der Waals surface area contributed by atoms with Gasteiger partial charge in [-0.15, -0.1) is 0 Å². The van der Waals surface area contributed by atoms with E-state index in [1.807, 2.05) is 62.3 Å². The van der Waals surface area contributed by atoms with Crippen molar-refractivity contribution >= 4 is 11.8 Å². The smallest absolute Gasteiger partial charge is 0.254 e. The Labute approximate surface area is 183 Å². The Bertz CT molecular complexity index is 500. The first-order valence-electron chi connectivity index (χ1n) is 11.4. The molecular formula is C23H45NO6. The van der Waals surface area contributed by atoms with Crippen LogP contribution in [0.25, 0.3) is 0 Å². The Balaban J connectivity index is 0. The van der Waals surface area contributed by atoms with Crippen molar-refractivity contribution < 1.29 is 29.3 Å². The highest BCUT2D eigenvalue weighted by Crippen LogP contribution is 2.47. The Hall–Kier alpha value is -1.28. The van der Waals surface area contributed by atoms with Crippen molar-refractivity contribution in [2.45, 2.75) is 106 Å². The van der Waals surface area contributed by atoms with Gasteiger partial charge in [-0.1, -0.05) is 48.5 Å². The van der Waals surface area contributed by atoms with Gasteiger partial charge in [-0.05, 0) is 27.2 Å². The van der Waals surface area contributed by atoms with Gasteiger partial charge in [-0.2, -0.15) is 0 Å². The van der Waals surface area contributed by atoms with Crippen LogP contribution in [-0.4, -0.2) is 70.1 Å². The fraction of sp³-hybridized carbons (Fsp3) is 0.826. The normalized spacial score (nSPS) is 28.6. The molecule has 3 aliphatic rings. The van der Waals surface area contributed by atoms with Crippen molar-refractivity contribution in [2.75, 3.05) is 13.2 Å². The molecule has 2 saturated heterocycles. The van der Waals surface area contributed by atoms with Crippen LogP contribution < -0.4 is 0 Å². The molecule has 3 heterocycles. The molecule has 2 fully saturated rings. The molecule has 5 atom stereocenters. The van der Waals surface area contributed by atoms with E-state index in [2.05, 4.69) is 0 Å². The predicted molar refractivity (Wildman–Crippen MR) is 120 cm³/mol. The van der Waals surface area contributed by atoms with E-state index in [4.69, 9.17) is 14.6 Å². The van der Waals surface area contributed by atoms with Crippen LogP contribution in [0.2, 0.25) is 0 Å². The summed E-state index contributed by atoms with van der Waals surface area (Å²) in [7, 11) is 0. The summed E-state index contributed by atoms with van der Waals surface area (Å²) in [5.74, 6) is -0.668. The molecule has 0 aromatic rings. The Morgan fingerprint density at radius 3 is 1.87 bits per heavy atom. The van der Waals surface area contributed by atoms with E-state index < -0.39 is 11.6 Å². The van der Waals surface area contributed by atoms with Crippen molar-refractivity contribution in [3.8, 4) is 0 Å². The van der Waals surface area contributed by atoms with Gasteiger partial charge in [0, 0.05) is 18.1 Å². The monoisotopic (exact) mass is 431 g/mol. The zero-order valence-corrected chi connectivity index (χ0v) is 20.6. The highest BCUT2D eigenvalue weighted by Gasteiger charge is 2.60. The molecule has 0 aliphatic carbocycles. The van der Waals surface area contributed by atoms with Crippen LogP contribution in [0.3, 0.4) is 0 Å². The molecule has 0 saturated carbocycles. The number of ether oxygens (including phenoxy) is 2. The van der Waals surface area contributed by atoms with E-state index in [1.165, 1.54) is 17.1 Å². The van der Waals surface area contributed by atoms with Gasteiger partial charge >= 0.3 is 0 Å². The summed E-state index contributed by atoms with van der Waals surface area (Å²) in [6.45, 7) is 19.7. The molecule has 0 aromatic heterocycles. The van der Waals surface area contributed by atoms with E-state index >= 15 is 0 Å². The maximum absolute atomic E-state index is 11.7. The standard InChI is InChI=1S/C13H17NO5.C4H10O.3C2H6/c1-13(2)11-8(5-15)18-6-7(12(11)19-13)14-9(16)3-4-10(14)17;1-3-4(2)5;3*1-2/h3-4,7-8,11-12,15H,5-6H2,1-2H3;4-5H,3H2,1-2H3;3*1-2H3. The van der Waals surface area contributed by atoms with Crippen LogP contribution in [0.1, 0.15) is 75.7 Å². The first-order valence-corrected chi connectivity index (χ1v) is 11.4. The van der Waals surface area contributed by atoms with Crippen LogP contribution in [0, 0.1) is 5.92 Å². The number of nitrogens with zero attached hydrogens (tertiary/aromatic N) is 1. The Kier molecular flexibility index (Phi) is 16.0. The molecule has 2 N–H and O–H groups in total. The number of imide groups is 1. The van der Waals surface area contributed by atoms with Crippen molar-refractivity contribution in [3.63, 3.8) is 0 Å². The number of rotatable bonds is 3. The third-order valence-corrected chi connectivity index (χ3v) is 4.80. The summed E-state index contributed by atoms with van der Waals surface area (Å²) in [4.78, 5) is 24.7. The van der Waals surface area contributed by atoms with Crippen molar-refractivity contribution in [3.05, 3.63) is 12.2 Å². The minimum Gasteiger partial charge on any atom is -0.394 e. The van der Waals surface area contributed by atoms with E-state index in [0.717, 1.165) is 6.42 Å². The summed E-state index contributed by atoms with van der Waals surface area (Å²) < 4.78 is 11.4. The molecule has 0 spiro atoms. The number of carbonyl (C=O) groups is 2. The van der Waals surface area contributed by atoms with Crippen molar-refractivity contribution in [1.82, 2.24) is 4.90 Å². The first-order chi connectivity index (χ1) is 14.2. The number of amides is 2. The average molecular weight is 432 g/mol. The fourth-order valence-corrected chi connectivity index (χ4v) is 3.35. The zero-order valence-electron chi connectivity index (χ0n) is 20.6. The largest absolute Gasteiger partial charge is 0.394 e. The van der Waals surface area contributed by atoms with E-state index in [9.17, 15) is 14.7 Å². The fourth-order valence-electron chi connectivity index (χ4n) is 3.35. The second kappa shape index (κ2) is 15.5. The van der Waals surface area contributed by atoms with Crippen LogP contribution in [-0.2, 0) is 19.1 Å². The second-order valence-electron chi connectivity index (χ2n) is 6.97. The lowest BCUT2D eigenvalue weighted by molar-refractivity contribution is -0.321. The number of hydrogen-bond acceptors (Lipinski definition) is 6. The maximum atomic E-state index is 11.7. The predicted octanol–water partition coefficient (Wildman–Crippen LogP) is 3.32. The van der Waals surface area contributed by atoms with Gasteiger partial charge in [0.1, 0.15) is 0 Å². The highest BCUT2D eigenvalue weighted by molar-refractivity contribution is 6.13. The number of hydrogen-bond donors (Lipinski definition) is 2. The third-order valence-electron chi connectivity index (χ3n) is 4.80. The molecule has 7 heteroatoms. The van der Waals surface area contributed by atoms with Crippen molar-refractivity contribution in [2.24, 2.45) is 5.92 Å². The molecule has 3 aliphatic heterocycles. The van der Waals surface area contributed by atoms with Gasteiger partial charge in [-0.25, -0.2) is 0 Å². The molecule has 0 bridgehead atoms. The molecular weight excluding hydrogens is 386 g/mol. The highest BCUT2D eigenvalue weighted by atomic mass is 16.6. The number of fused-ring (bicyclic) bond motifs is 1. The Morgan fingerprint density at radius 2 is 1.53 bits per heavy atom. The summed E-state index contributed by atoms with van der Waals surface area (Å²) in [6.07, 6.45) is 2.72. The molecule has 2 amide bonds. The molecule has 3 rings (SSSR count). The summed E-state index contributed by atoms with van der Waals surface area (Å²) >= 11 is 0. The molecule has 178 valence electrons.